The van der Waals surface area contributed by atoms with E-state index in [-0.39, 0.29) is 5.02 Å². The van der Waals surface area contributed by atoms with Gasteiger partial charge in [0.2, 0.25) is 0 Å². The van der Waals surface area contributed by atoms with Gasteiger partial charge in [-0.2, -0.15) is 13.2 Å². The number of fused-ring (bicyclic) bond motifs is 1. The Morgan fingerprint density at radius 3 is 2.48 bits per heavy atom. The van der Waals surface area contributed by atoms with Crippen LogP contribution in [0.4, 0.5) is 17.6 Å². The van der Waals surface area contributed by atoms with Crippen molar-refractivity contribution in [2.75, 3.05) is 0 Å². The van der Waals surface area contributed by atoms with Crippen LogP contribution in [0.15, 0.2) is 42.7 Å². The Hall–Kier alpha value is -3.14. The number of halogens is 5. The van der Waals surface area contributed by atoms with Gasteiger partial charge in [-0.15, -0.1) is 0 Å². The van der Waals surface area contributed by atoms with Crippen molar-refractivity contribution in [3.05, 3.63) is 64.7 Å². The van der Waals surface area contributed by atoms with Crippen LogP contribution in [0.1, 0.15) is 28.9 Å². The van der Waals surface area contributed by atoms with Crippen molar-refractivity contribution in [2.24, 2.45) is 0 Å². The molecule has 0 bridgehead atoms. The number of nitrogens with one attached hydrogen (secondary N) is 1. The van der Waals surface area contributed by atoms with Crippen LogP contribution in [0.25, 0.3) is 11.0 Å². The van der Waals surface area contributed by atoms with Gasteiger partial charge in [0.25, 0.3) is 0 Å². The van der Waals surface area contributed by atoms with Crippen LogP contribution in [0, 0.1) is 5.82 Å². The molecule has 0 aliphatic rings. The summed E-state index contributed by atoms with van der Waals surface area (Å²) in [6.07, 6.45) is -2.39. The summed E-state index contributed by atoms with van der Waals surface area (Å²) >= 11 is 5.75. The standard InChI is InChI=1S/C16H12ClFN2O2.C2HF3O2/c1-9(10-2-3-14(18)13(17)8-10)22-16(21)12-5-7-20-15-11(12)4-6-19-15;3-2(4,5)1(6)7/h2-9H,1H3,(H,19,20);(H,6,7). The number of rotatable bonds is 3. The molecule has 0 radical (unpaired) electrons. The molecule has 0 saturated heterocycles. The average Bonchev–Trinajstić information content (AvgIpc) is 3.12. The fraction of sp³-hybridized carbons (Fsp3) is 0.167. The SMILES string of the molecule is CC(OC(=O)c1ccnc2[nH]ccc12)c1ccc(F)c(Cl)c1.O=C(O)C(F)(F)F. The molecule has 1 aromatic carbocycles. The van der Waals surface area contributed by atoms with E-state index >= 15 is 0 Å². The monoisotopic (exact) mass is 432 g/mol. The normalized spacial score (nSPS) is 12.1. The molecular weight excluding hydrogens is 420 g/mol. The van der Waals surface area contributed by atoms with Gasteiger partial charge >= 0.3 is 18.1 Å². The van der Waals surface area contributed by atoms with E-state index in [2.05, 4.69) is 9.97 Å². The number of aliphatic carboxylic acids is 1. The Morgan fingerprint density at radius 2 is 1.90 bits per heavy atom. The number of carboxylic acids is 1. The molecule has 2 aromatic heterocycles. The second-order valence-corrected chi connectivity index (χ2v) is 6.03. The number of esters is 1. The third-order valence-corrected chi connectivity index (χ3v) is 3.91. The molecule has 6 nitrogen and oxygen atoms in total. The van der Waals surface area contributed by atoms with Crippen LogP contribution in [0.3, 0.4) is 0 Å². The van der Waals surface area contributed by atoms with Crippen molar-refractivity contribution in [3.8, 4) is 0 Å². The molecule has 0 fully saturated rings. The summed E-state index contributed by atoms with van der Waals surface area (Å²) in [5, 5.41) is 7.81. The lowest BCUT2D eigenvalue weighted by atomic mass is 10.1. The lowest BCUT2D eigenvalue weighted by molar-refractivity contribution is -0.192. The Morgan fingerprint density at radius 1 is 1.24 bits per heavy atom. The zero-order valence-electron chi connectivity index (χ0n) is 14.6. The zero-order valence-corrected chi connectivity index (χ0v) is 15.4. The average molecular weight is 433 g/mol. The summed E-state index contributed by atoms with van der Waals surface area (Å²) in [4.78, 5) is 28.3. The summed E-state index contributed by atoms with van der Waals surface area (Å²) in [6.45, 7) is 1.71. The number of ether oxygens (including phenoxy) is 1. The minimum Gasteiger partial charge on any atom is -0.475 e. The topological polar surface area (TPSA) is 92.3 Å². The highest BCUT2D eigenvalue weighted by Gasteiger charge is 2.38. The van der Waals surface area contributed by atoms with Gasteiger partial charge in [0.15, 0.2) is 0 Å². The number of carboxylic acid groups (broad SMARTS) is 1. The van der Waals surface area contributed by atoms with Crippen LogP contribution < -0.4 is 0 Å². The van der Waals surface area contributed by atoms with Crippen LogP contribution in [0.2, 0.25) is 5.02 Å². The number of aromatic nitrogens is 2. The van der Waals surface area contributed by atoms with Gasteiger partial charge in [-0.05, 0) is 36.8 Å². The van der Waals surface area contributed by atoms with Crippen molar-refractivity contribution in [1.29, 1.82) is 0 Å². The minimum absolute atomic E-state index is 0.00247. The Balaban J connectivity index is 0.000000370. The number of aromatic amines is 1. The first kappa shape index (κ1) is 22.2. The second-order valence-electron chi connectivity index (χ2n) is 5.62. The summed E-state index contributed by atoms with van der Waals surface area (Å²) in [7, 11) is 0. The maximum absolute atomic E-state index is 13.2. The van der Waals surface area contributed by atoms with Crippen LogP contribution in [-0.2, 0) is 9.53 Å². The predicted octanol–water partition coefficient (Wildman–Crippen LogP) is 4.91. The third kappa shape index (κ3) is 5.67. The fourth-order valence-corrected chi connectivity index (χ4v) is 2.39. The second kappa shape index (κ2) is 8.91. The molecule has 1 unspecified atom stereocenters. The number of pyridine rings is 1. The first-order valence-corrected chi connectivity index (χ1v) is 8.26. The number of hydrogen-bond acceptors (Lipinski definition) is 4. The van der Waals surface area contributed by atoms with Crippen LogP contribution in [0.5, 0.6) is 0 Å². The van der Waals surface area contributed by atoms with Crippen LogP contribution >= 0.6 is 11.6 Å². The van der Waals surface area contributed by atoms with Gasteiger partial charge < -0.3 is 14.8 Å². The first-order valence-electron chi connectivity index (χ1n) is 7.89. The van der Waals surface area contributed by atoms with E-state index < -0.39 is 30.0 Å². The highest BCUT2D eigenvalue weighted by molar-refractivity contribution is 6.30. The number of H-pyrrole nitrogens is 1. The molecular formula is C18H13ClF4N2O4. The van der Waals surface area contributed by atoms with Gasteiger partial charge in [-0.25, -0.2) is 19.0 Å². The van der Waals surface area contributed by atoms with Crippen molar-refractivity contribution < 1.29 is 37.0 Å². The molecule has 3 aromatic rings. The van der Waals surface area contributed by atoms with Crippen LogP contribution in [-0.4, -0.2) is 33.2 Å². The van der Waals surface area contributed by atoms with E-state index in [1.54, 1.807) is 25.3 Å². The Bertz CT molecular complexity index is 1040. The van der Waals surface area contributed by atoms with Gasteiger partial charge in [-0.3, -0.25) is 0 Å². The molecule has 0 aliphatic heterocycles. The minimum atomic E-state index is -5.08. The summed E-state index contributed by atoms with van der Waals surface area (Å²) in [5.74, 6) is -3.74. The molecule has 0 saturated carbocycles. The Kier molecular flexibility index (Phi) is 6.80. The summed E-state index contributed by atoms with van der Waals surface area (Å²) < 4.78 is 50.3. The Labute approximate surface area is 166 Å². The van der Waals surface area contributed by atoms with Crippen molar-refractivity contribution in [3.63, 3.8) is 0 Å². The number of carbonyl (C=O) groups is 2. The van der Waals surface area contributed by atoms with Gasteiger partial charge in [0.05, 0.1) is 10.6 Å². The fourth-order valence-electron chi connectivity index (χ4n) is 2.20. The molecule has 29 heavy (non-hydrogen) atoms. The lowest BCUT2D eigenvalue weighted by Gasteiger charge is -2.14. The third-order valence-electron chi connectivity index (χ3n) is 3.62. The molecule has 2 heterocycles. The number of carbonyl (C=O) groups excluding carboxylic acids is 1. The molecule has 0 amide bonds. The van der Waals surface area contributed by atoms with E-state index in [1.165, 1.54) is 24.4 Å². The lowest BCUT2D eigenvalue weighted by Crippen LogP contribution is -2.21. The maximum atomic E-state index is 13.2. The van der Waals surface area contributed by atoms with Gasteiger partial charge in [-0.1, -0.05) is 17.7 Å². The largest absolute Gasteiger partial charge is 0.490 e. The maximum Gasteiger partial charge on any atom is 0.490 e. The van der Waals surface area contributed by atoms with Gasteiger partial charge in [0, 0.05) is 17.8 Å². The summed E-state index contributed by atoms with van der Waals surface area (Å²) in [5.41, 5.74) is 1.66. The molecule has 0 spiro atoms. The summed E-state index contributed by atoms with van der Waals surface area (Å²) in [6, 6.07) is 7.60. The molecule has 0 aliphatic carbocycles. The highest BCUT2D eigenvalue weighted by Crippen LogP contribution is 2.25. The van der Waals surface area contributed by atoms with Crippen molar-refractivity contribution in [1.82, 2.24) is 9.97 Å². The number of benzene rings is 1. The zero-order chi connectivity index (χ0) is 21.8. The van der Waals surface area contributed by atoms with E-state index in [9.17, 15) is 22.4 Å². The number of nitrogens with zero attached hydrogens (tertiary/aromatic N) is 1. The van der Waals surface area contributed by atoms with Crippen molar-refractivity contribution in [2.45, 2.75) is 19.2 Å². The quantitative estimate of drug-likeness (QED) is 0.453. The molecule has 3 rings (SSSR count). The smallest absolute Gasteiger partial charge is 0.475 e. The van der Waals surface area contributed by atoms with E-state index in [0.29, 0.717) is 22.2 Å². The van der Waals surface area contributed by atoms with Crippen molar-refractivity contribution >= 4 is 34.6 Å². The van der Waals surface area contributed by atoms with E-state index in [0.717, 1.165) is 0 Å². The first-order chi connectivity index (χ1) is 13.5. The molecule has 154 valence electrons. The molecule has 11 heteroatoms. The number of alkyl halides is 3. The number of hydrogen-bond donors (Lipinski definition) is 2. The van der Waals surface area contributed by atoms with E-state index in [4.69, 9.17) is 26.2 Å². The van der Waals surface area contributed by atoms with Gasteiger partial charge in [0.1, 0.15) is 17.6 Å². The highest BCUT2D eigenvalue weighted by atomic mass is 35.5. The molecule has 1 atom stereocenters. The molecule has 2 N–H and O–H groups in total. The van der Waals surface area contributed by atoms with E-state index in [1.807, 2.05) is 0 Å². The predicted molar refractivity (Wildman–Crippen MR) is 95.0 cm³/mol.